The van der Waals surface area contributed by atoms with Gasteiger partial charge in [-0.2, -0.15) is 0 Å². The minimum atomic E-state index is -1.06. The van der Waals surface area contributed by atoms with Crippen molar-refractivity contribution in [2.75, 3.05) is 6.54 Å². The zero-order valence-corrected chi connectivity index (χ0v) is 7.48. The second-order valence-electron chi connectivity index (χ2n) is 2.27. The molecule has 1 unspecified atom stereocenters. The second-order valence-corrected chi connectivity index (χ2v) is 2.27. The summed E-state index contributed by atoms with van der Waals surface area (Å²) in [5.41, 5.74) is 4.57. The molecule has 4 N–H and O–H groups in total. The first-order valence-corrected chi connectivity index (χ1v) is 3.48. The van der Waals surface area contributed by atoms with Gasteiger partial charge in [0.25, 0.3) is 0 Å². The number of rotatable bonds is 3. The Labute approximate surface area is 75.3 Å². The Bertz CT molecular complexity index is 187. The smallest absolute Gasteiger partial charge is 0.317 e. The molecular formula is C7H13NO5. The monoisotopic (exact) mass is 191 g/mol. The van der Waals surface area contributed by atoms with Gasteiger partial charge < -0.3 is 15.9 Å². The van der Waals surface area contributed by atoms with Crippen LogP contribution in [0.2, 0.25) is 0 Å². The first kappa shape index (κ1) is 14.1. The van der Waals surface area contributed by atoms with E-state index in [4.69, 9.17) is 10.2 Å². The average Bonchev–Trinajstić information content (AvgIpc) is 2.03. The van der Waals surface area contributed by atoms with Crippen molar-refractivity contribution in [2.24, 2.45) is 11.7 Å². The fourth-order valence-corrected chi connectivity index (χ4v) is 0.174. The molecule has 0 aromatic rings. The number of nitrogens with two attached hydrogens (primary N) is 1. The van der Waals surface area contributed by atoms with E-state index in [-0.39, 0.29) is 12.3 Å². The van der Waals surface area contributed by atoms with Crippen LogP contribution in [0.15, 0.2) is 0 Å². The standard InChI is InChI=1S/C5H8O3.C2H5NO2/c1-3(4(2)6)5(7)8;3-1-2(4)5/h3H,1-2H3,(H,7,8);1,3H2,(H,4,5). The summed E-state index contributed by atoms with van der Waals surface area (Å²) in [6.07, 6.45) is 0. The number of ketones is 1. The van der Waals surface area contributed by atoms with E-state index in [1.54, 1.807) is 0 Å². The molecule has 0 rings (SSSR count). The topological polar surface area (TPSA) is 118 Å². The summed E-state index contributed by atoms with van der Waals surface area (Å²) in [7, 11) is 0. The van der Waals surface area contributed by atoms with E-state index in [9.17, 15) is 14.4 Å². The van der Waals surface area contributed by atoms with Crippen molar-refractivity contribution in [3.63, 3.8) is 0 Å². The lowest BCUT2D eigenvalue weighted by Crippen LogP contribution is -2.16. The van der Waals surface area contributed by atoms with Crippen LogP contribution in [0.5, 0.6) is 0 Å². The Morgan fingerprint density at radius 1 is 1.31 bits per heavy atom. The fourth-order valence-electron chi connectivity index (χ4n) is 0.174. The van der Waals surface area contributed by atoms with Crippen molar-refractivity contribution in [3.8, 4) is 0 Å². The third-order valence-electron chi connectivity index (χ3n) is 1.15. The third-order valence-corrected chi connectivity index (χ3v) is 1.15. The SMILES string of the molecule is CC(=O)C(C)C(=O)O.NCC(=O)O. The highest BCUT2D eigenvalue weighted by atomic mass is 16.4. The fraction of sp³-hybridized carbons (Fsp3) is 0.571. The highest BCUT2D eigenvalue weighted by molar-refractivity contribution is 5.96. The van der Waals surface area contributed by atoms with Crippen molar-refractivity contribution in [1.82, 2.24) is 0 Å². The quantitative estimate of drug-likeness (QED) is 0.509. The Hall–Kier alpha value is -1.43. The third kappa shape index (κ3) is 10.6. The molecule has 0 aliphatic rings. The van der Waals surface area contributed by atoms with Gasteiger partial charge in [-0.1, -0.05) is 0 Å². The van der Waals surface area contributed by atoms with Gasteiger partial charge in [-0.15, -0.1) is 0 Å². The number of hydrogen-bond donors (Lipinski definition) is 3. The van der Waals surface area contributed by atoms with Gasteiger partial charge in [0, 0.05) is 0 Å². The number of carbonyl (C=O) groups is 3. The minimum absolute atomic E-state index is 0.278. The van der Waals surface area contributed by atoms with E-state index in [0.29, 0.717) is 0 Å². The van der Waals surface area contributed by atoms with Crippen LogP contribution in [-0.2, 0) is 14.4 Å². The van der Waals surface area contributed by atoms with E-state index in [0.717, 1.165) is 0 Å². The summed E-state index contributed by atoms with van der Waals surface area (Å²) in [6.45, 7) is 2.35. The maximum atomic E-state index is 10.2. The number of carboxylic acids is 2. The van der Waals surface area contributed by atoms with Gasteiger partial charge >= 0.3 is 11.9 Å². The molecule has 0 saturated heterocycles. The highest BCUT2D eigenvalue weighted by Gasteiger charge is 2.14. The van der Waals surface area contributed by atoms with E-state index in [1.165, 1.54) is 13.8 Å². The van der Waals surface area contributed by atoms with Gasteiger partial charge in [-0.3, -0.25) is 14.4 Å². The predicted octanol–water partition coefficient (Wildman–Crippen LogP) is -0.674. The van der Waals surface area contributed by atoms with Crippen LogP contribution in [0.1, 0.15) is 13.8 Å². The summed E-state index contributed by atoms with van der Waals surface area (Å²) in [4.78, 5) is 29.4. The maximum Gasteiger partial charge on any atom is 0.317 e. The number of Topliss-reactive ketones (excluding diaryl/α,β-unsaturated/α-hetero) is 1. The minimum Gasteiger partial charge on any atom is -0.481 e. The zero-order valence-electron chi connectivity index (χ0n) is 7.48. The van der Waals surface area contributed by atoms with Crippen molar-refractivity contribution in [2.45, 2.75) is 13.8 Å². The summed E-state index contributed by atoms with van der Waals surface area (Å²) in [5, 5.41) is 15.7. The van der Waals surface area contributed by atoms with Crippen LogP contribution in [0.25, 0.3) is 0 Å². The van der Waals surface area contributed by atoms with Crippen LogP contribution in [-0.4, -0.2) is 34.5 Å². The van der Waals surface area contributed by atoms with Crippen molar-refractivity contribution in [3.05, 3.63) is 0 Å². The largest absolute Gasteiger partial charge is 0.481 e. The molecule has 0 heterocycles. The molecule has 6 heteroatoms. The number of aliphatic carboxylic acids is 2. The Balaban J connectivity index is 0. The number of carbonyl (C=O) groups excluding carboxylic acids is 1. The molecule has 1 atom stereocenters. The maximum absolute atomic E-state index is 10.2. The molecule has 6 nitrogen and oxygen atoms in total. The average molecular weight is 191 g/mol. The van der Waals surface area contributed by atoms with Gasteiger partial charge in [0.1, 0.15) is 11.7 Å². The molecule has 0 aromatic heterocycles. The van der Waals surface area contributed by atoms with Gasteiger partial charge in [0.2, 0.25) is 0 Å². The van der Waals surface area contributed by atoms with Crippen molar-refractivity contribution < 1.29 is 24.6 Å². The predicted molar refractivity (Wildman–Crippen MR) is 44.2 cm³/mol. The Morgan fingerprint density at radius 3 is 1.62 bits per heavy atom. The summed E-state index contributed by atoms with van der Waals surface area (Å²) in [6, 6.07) is 0. The molecular weight excluding hydrogens is 178 g/mol. The van der Waals surface area contributed by atoms with Gasteiger partial charge in [0.05, 0.1) is 6.54 Å². The molecule has 0 saturated carbocycles. The van der Waals surface area contributed by atoms with Crippen LogP contribution >= 0.6 is 0 Å². The van der Waals surface area contributed by atoms with Gasteiger partial charge in [-0.05, 0) is 13.8 Å². The summed E-state index contributed by atoms with van der Waals surface area (Å²) < 4.78 is 0. The van der Waals surface area contributed by atoms with Crippen molar-refractivity contribution >= 4 is 17.7 Å². The molecule has 13 heavy (non-hydrogen) atoms. The summed E-state index contributed by atoms with van der Waals surface area (Å²) >= 11 is 0. The van der Waals surface area contributed by atoms with E-state index < -0.39 is 17.9 Å². The van der Waals surface area contributed by atoms with E-state index >= 15 is 0 Å². The second kappa shape index (κ2) is 7.23. The highest BCUT2D eigenvalue weighted by Crippen LogP contribution is 1.93. The molecule has 0 spiro atoms. The van der Waals surface area contributed by atoms with Gasteiger partial charge in [0.15, 0.2) is 0 Å². The van der Waals surface area contributed by atoms with Gasteiger partial charge in [-0.25, -0.2) is 0 Å². The molecule has 0 bridgehead atoms. The molecule has 0 fully saturated rings. The number of hydrogen-bond acceptors (Lipinski definition) is 4. The zero-order chi connectivity index (χ0) is 11.0. The normalized spacial score (nSPS) is 10.7. The molecule has 0 aliphatic carbocycles. The molecule has 76 valence electrons. The van der Waals surface area contributed by atoms with Crippen LogP contribution < -0.4 is 5.73 Å². The molecule has 0 aromatic carbocycles. The molecule has 0 radical (unpaired) electrons. The molecule has 0 aliphatic heterocycles. The first-order valence-electron chi connectivity index (χ1n) is 3.48. The Kier molecular flexibility index (Phi) is 7.85. The van der Waals surface area contributed by atoms with Crippen LogP contribution in [0, 0.1) is 5.92 Å². The van der Waals surface area contributed by atoms with E-state index in [1.807, 2.05) is 0 Å². The van der Waals surface area contributed by atoms with Crippen LogP contribution in [0.4, 0.5) is 0 Å². The van der Waals surface area contributed by atoms with E-state index in [2.05, 4.69) is 5.73 Å². The first-order chi connectivity index (χ1) is 5.82. The van der Waals surface area contributed by atoms with Crippen molar-refractivity contribution in [1.29, 1.82) is 0 Å². The lowest BCUT2D eigenvalue weighted by atomic mass is 10.1. The Morgan fingerprint density at radius 2 is 1.62 bits per heavy atom. The molecule has 0 amide bonds. The van der Waals surface area contributed by atoms with Crippen LogP contribution in [0.3, 0.4) is 0 Å². The lowest BCUT2D eigenvalue weighted by Gasteiger charge is -1.96. The number of carboxylic acid groups (broad SMARTS) is 2. The summed E-state index contributed by atoms with van der Waals surface area (Å²) in [5.74, 6) is -3.19. The lowest BCUT2D eigenvalue weighted by molar-refractivity contribution is -0.145.